The van der Waals surface area contributed by atoms with E-state index in [1.54, 1.807) is 18.3 Å². The fourth-order valence-electron chi connectivity index (χ4n) is 1.49. The van der Waals surface area contributed by atoms with E-state index in [0.717, 1.165) is 10.9 Å². The molecule has 0 aliphatic carbocycles. The zero-order valence-corrected chi connectivity index (χ0v) is 9.76. The lowest BCUT2D eigenvalue weighted by Crippen LogP contribution is -2.15. The first-order chi connectivity index (χ1) is 7.68. The summed E-state index contributed by atoms with van der Waals surface area (Å²) in [6.07, 6.45) is 1.66. The van der Waals surface area contributed by atoms with Crippen molar-refractivity contribution < 1.29 is 8.76 Å². The predicted octanol–water partition coefficient (Wildman–Crippen LogP) is 2.11. The van der Waals surface area contributed by atoms with Crippen LogP contribution in [0.4, 0.5) is 0 Å². The zero-order chi connectivity index (χ0) is 11.5. The van der Waals surface area contributed by atoms with Gasteiger partial charge in [-0.2, -0.15) is 0 Å². The molecule has 4 nitrogen and oxygen atoms in total. The van der Waals surface area contributed by atoms with Gasteiger partial charge in [0.2, 0.25) is 11.3 Å². The standard InChI is InChI=1S/C10H9ClN2O2S/c11-9-4-3-7(6-13-16(14)15)8-2-1-5-12-10(8)9/h1-5,13H,6H2,(H,14,15). The molecule has 2 aromatic rings. The minimum absolute atomic E-state index is 0.294. The fourth-order valence-corrected chi connectivity index (χ4v) is 1.98. The van der Waals surface area contributed by atoms with E-state index in [-0.39, 0.29) is 0 Å². The summed E-state index contributed by atoms with van der Waals surface area (Å²) < 4.78 is 21.6. The molecule has 1 heterocycles. The molecule has 6 heteroatoms. The quantitative estimate of drug-likeness (QED) is 0.827. The molecule has 1 aromatic heterocycles. The number of aromatic nitrogens is 1. The minimum atomic E-state index is -2.02. The number of fused-ring (bicyclic) bond motifs is 1. The van der Waals surface area contributed by atoms with Gasteiger partial charge in [-0.3, -0.25) is 9.54 Å². The third-order valence-electron chi connectivity index (χ3n) is 2.20. The number of halogens is 1. The Morgan fingerprint density at radius 2 is 2.25 bits per heavy atom. The summed E-state index contributed by atoms with van der Waals surface area (Å²) in [6.45, 7) is 0.294. The SMILES string of the molecule is O=S(O)NCc1ccc(Cl)c2ncccc12. The van der Waals surface area contributed by atoms with Crippen LogP contribution in [-0.4, -0.2) is 13.7 Å². The Balaban J connectivity index is 2.46. The van der Waals surface area contributed by atoms with E-state index in [2.05, 4.69) is 9.71 Å². The normalized spacial score (nSPS) is 12.9. The summed E-state index contributed by atoms with van der Waals surface area (Å²) >= 11 is 3.98. The summed E-state index contributed by atoms with van der Waals surface area (Å²) in [5.41, 5.74) is 1.59. The number of benzene rings is 1. The van der Waals surface area contributed by atoms with Crippen molar-refractivity contribution in [3.8, 4) is 0 Å². The van der Waals surface area contributed by atoms with E-state index in [1.807, 2.05) is 12.1 Å². The average Bonchev–Trinajstić information content (AvgIpc) is 2.28. The number of hydrogen-bond acceptors (Lipinski definition) is 2. The highest BCUT2D eigenvalue weighted by Crippen LogP contribution is 2.24. The lowest BCUT2D eigenvalue weighted by molar-refractivity contribution is 0.549. The highest BCUT2D eigenvalue weighted by molar-refractivity contribution is 7.77. The summed E-state index contributed by atoms with van der Waals surface area (Å²) in [6, 6.07) is 7.23. The highest BCUT2D eigenvalue weighted by atomic mass is 35.5. The van der Waals surface area contributed by atoms with Gasteiger partial charge in [0.15, 0.2) is 0 Å². The van der Waals surface area contributed by atoms with E-state index in [4.69, 9.17) is 16.2 Å². The fraction of sp³-hybridized carbons (Fsp3) is 0.100. The summed E-state index contributed by atoms with van der Waals surface area (Å²) in [5.74, 6) is 0. The van der Waals surface area contributed by atoms with Gasteiger partial charge in [0, 0.05) is 18.1 Å². The molecule has 2 rings (SSSR count). The second kappa shape index (κ2) is 4.88. The van der Waals surface area contributed by atoms with Crippen molar-refractivity contribution in [2.75, 3.05) is 0 Å². The number of pyridine rings is 1. The Bertz CT molecular complexity index is 547. The van der Waals surface area contributed by atoms with Gasteiger partial charge in [0.25, 0.3) is 0 Å². The largest absolute Gasteiger partial charge is 0.294 e. The Hall–Kier alpha value is -1.01. The van der Waals surface area contributed by atoms with Crippen LogP contribution in [0.3, 0.4) is 0 Å². The van der Waals surface area contributed by atoms with Crippen molar-refractivity contribution in [3.05, 3.63) is 41.0 Å². The topological polar surface area (TPSA) is 62.2 Å². The lowest BCUT2D eigenvalue weighted by atomic mass is 10.1. The van der Waals surface area contributed by atoms with Crippen molar-refractivity contribution in [3.63, 3.8) is 0 Å². The van der Waals surface area contributed by atoms with Crippen LogP contribution in [0.2, 0.25) is 5.02 Å². The van der Waals surface area contributed by atoms with E-state index in [1.165, 1.54) is 0 Å². The molecule has 0 saturated heterocycles. The maximum absolute atomic E-state index is 10.5. The molecule has 1 atom stereocenters. The first kappa shape index (κ1) is 11.5. The molecule has 0 fully saturated rings. The first-order valence-corrected chi connectivity index (χ1v) is 6.03. The van der Waals surface area contributed by atoms with Gasteiger partial charge < -0.3 is 0 Å². The van der Waals surface area contributed by atoms with Crippen LogP contribution in [0, 0.1) is 0 Å². The third-order valence-corrected chi connectivity index (χ3v) is 2.89. The zero-order valence-electron chi connectivity index (χ0n) is 8.18. The van der Waals surface area contributed by atoms with Gasteiger partial charge in [-0.05, 0) is 17.7 Å². The van der Waals surface area contributed by atoms with Crippen LogP contribution in [0.25, 0.3) is 10.9 Å². The molecule has 1 unspecified atom stereocenters. The highest BCUT2D eigenvalue weighted by Gasteiger charge is 2.05. The van der Waals surface area contributed by atoms with Gasteiger partial charge in [-0.1, -0.05) is 23.7 Å². The van der Waals surface area contributed by atoms with Crippen LogP contribution in [0.5, 0.6) is 0 Å². The number of hydrogen-bond donors (Lipinski definition) is 2. The Morgan fingerprint density at radius 3 is 3.00 bits per heavy atom. The van der Waals surface area contributed by atoms with Crippen LogP contribution < -0.4 is 4.72 Å². The molecule has 0 radical (unpaired) electrons. The van der Waals surface area contributed by atoms with Crippen molar-refractivity contribution in [2.45, 2.75) is 6.54 Å². The van der Waals surface area contributed by atoms with Crippen LogP contribution in [-0.2, 0) is 17.8 Å². The molecule has 0 saturated carbocycles. The smallest absolute Gasteiger partial charge is 0.232 e. The monoisotopic (exact) mass is 256 g/mol. The van der Waals surface area contributed by atoms with E-state index < -0.39 is 11.3 Å². The average molecular weight is 257 g/mol. The minimum Gasteiger partial charge on any atom is -0.294 e. The van der Waals surface area contributed by atoms with Crippen molar-refractivity contribution in [2.24, 2.45) is 0 Å². The number of nitrogens with one attached hydrogen (secondary N) is 1. The Kier molecular flexibility index (Phi) is 3.50. The van der Waals surface area contributed by atoms with Crippen LogP contribution in [0.1, 0.15) is 5.56 Å². The molecule has 0 spiro atoms. The Labute approximate surface area is 100 Å². The van der Waals surface area contributed by atoms with Gasteiger partial charge in [0.1, 0.15) is 0 Å². The predicted molar refractivity (Wildman–Crippen MR) is 64.4 cm³/mol. The molecule has 84 valence electrons. The summed E-state index contributed by atoms with van der Waals surface area (Å²) in [7, 11) is 0. The maximum Gasteiger partial charge on any atom is 0.232 e. The van der Waals surface area contributed by atoms with Crippen molar-refractivity contribution in [1.82, 2.24) is 9.71 Å². The summed E-state index contributed by atoms with van der Waals surface area (Å²) in [5, 5.41) is 1.46. The maximum atomic E-state index is 10.5. The molecule has 0 aliphatic rings. The van der Waals surface area contributed by atoms with Gasteiger partial charge >= 0.3 is 0 Å². The second-order valence-electron chi connectivity index (χ2n) is 3.18. The molecule has 2 N–H and O–H groups in total. The van der Waals surface area contributed by atoms with E-state index >= 15 is 0 Å². The Morgan fingerprint density at radius 1 is 1.44 bits per heavy atom. The van der Waals surface area contributed by atoms with Gasteiger partial charge in [0.05, 0.1) is 10.5 Å². The molecule has 0 aliphatic heterocycles. The second-order valence-corrected chi connectivity index (χ2v) is 4.37. The molecule has 0 bridgehead atoms. The van der Waals surface area contributed by atoms with E-state index in [0.29, 0.717) is 17.1 Å². The number of rotatable bonds is 3. The van der Waals surface area contributed by atoms with Gasteiger partial charge in [-0.25, -0.2) is 8.93 Å². The lowest BCUT2D eigenvalue weighted by Gasteiger charge is -2.06. The van der Waals surface area contributed by atoms with Crippen LogP contribution in [0.15, 0.2) is 30.5 Å². The molecule has 0 amide bonds. The van der Waals surface area contributed by atoms with Crippen molar-refractivity contribution in [1.29, 1.82) is 0 Å². The van der Waals surface area contributed by atoms with Gasteiger partial charge in [-0.15, -0.1) is 0 Å². The van der Waals surface area contributed by atoms with Crippen LogP contribution >= 0.6 is 11.6 Å². The molecular formula is C10H9ClN2O2S. The molecule has 1 aromatic carbocycles. The van der Waals surface area contributed by atoms with Crippen molar-refractivity contribution >= 4 is 33.8 Å². The third kappa shape index (κ3) is 2.38. The summed E-state index contributed by atoms with van der Waals surface area (Å²) in [4.78, 5) is 4.17. The number of nitrogens with zero attached hydrogens (tertiary/aromatic N) is 1. The van der Waals surface area contributed by atoms with E-state index in [9.17, 15) is 4.21 Å². The molecule has 16 heavy (non-hydrogen) atoms. The first-order valence-electron chi connectivity index (χ1n) is 4.55. The molecular weight excluding hydrogens is 248 g/mol.